The van der Waals surface area contributed by atoms with Crippen LogP contribution in [0.4, 0.5) is 5.82 Å². The molecule has 0 aliphatic rings. The van der Waals surface area contributed by atoms with Gasteiger partial charge in [-0.2, -0.15) is 0 Å². The Morgan fingerprint density at radius 2 is 1.54 bits per heavy atom. The maximum Gasteiger partial charge on any atom is 0.353 e. The highest BCUT2D eigenvalue weighted by atomic mass is 32.3. The molecule has 1 unspecified atom stereocenters. The van der Waals surface area contributed by atoms with Crippen LogP contribution in [-0.2, 0) is 25.1 Å². The first-order valence-corrected chi connectivity index (χ1v) is 19.9. The van der Waals surface area contributed by atoms with Crippen molar-refractivity contribution in [3.05, 3.63) is 12.7 Å². The standard InChI is InChI=1S/C29H56N5O5PS/c1-5-41(3,4)21-16-14-12-10-8-6-7-9-11-13-15-18-37-19-17-20-39-40(35,36)25-38-26(2)22-34-24-33-27-28(30)31-23-32-29(27)34/h23-24,26H,5-22,25H2,1-4H3,(H,35,36)(H2,30,31,32)/t26-/m1/s1. The van der Waals surface area contributed by atoms with E-state index in [1.54, 1.807) is 10.9 Å². The molecule has 12 heteroatoms. The minimum atomic E-state index is -3.84. The molecule has 0 fully saturated rings. The highest BCUT2D eigenvalue weighted by molar-refractivity contribution is 8.32. The summed E-state index contributed by atoms with van der Waals surface area (Å²) in [6, 6.07) is 0. The summed E-state index contributed by atoms with van der Waals surface area (Å²) in [5.74, 6) is 3.12. The van der Waals surface area contributed by atoms with Crippen LogP contribution in [0, 0.1) is 0 Å². The second-order valence-corrected chi connectivity index (χ2v) is 17.8. The lowest BCUT2D eigenvalue weighted by Crippen LogP contribution is -2.17. The third-order valence-electron chi connectivity index (χ3n) is 7.40. The molecular weight excluding hydrogens is 561 g/mol. The molecule has 0 aliphatic carbocycles. The van der Waals surface area contributed by atoms with Crippen molar-refractivity contribution in [2.45, 2.75) is 104 Å². The minimum absolute atomic E-state index is 0.158. The molecule has 3 N–H and O–H groups in total. The van der Waals surface area contributed by atoms with E-state index >= 15 is 0 Å². The zero-order valence-electron chi connectivity index (χ0n) is 26.0. The number of nitrogens with two attached hydrogens (primary N) is 1. The van der Waals surface area contributed by atoms with Crippen molar-refractivity contribution >= 4 is 34.6 Å². The molecule has 2 aromatic rings. The third kappa shape index (κ3) is 15.7. The van der Waals surface area contributed by atoms with Crippen LogP contribution in [0.5, 0.6) is 0 Å². The fourth-order valence-electron chi connectivity index (χ4n) is 4.52. The van der Waals surface area contributed by atoms with E-state index in [0.717, 1.165) is 13.0 Å². The maximum absolute atomic E-state index is 12.3. The fourth-order valence-corrected chi connectivity index (χ4v) is 6.73. The summed E-state index contributed by atoms with van der Waals surface area (Å²) in [5.41, 5.74) is 6.92. The topological polar surface area (TPSA) is 135 Å². The van der Waals surface area contributed by atoms with Crippen LogP contribution in [0.15, 0.2) is 12.7 Å². The molecule has 238 valence electrons. The molecule has 0 aliphatic heterocycles. The van der Waals surface area contributed by atoms with Gasteiger partial charge in [-0.15, -0.1) is 0 Å². The molecule has 0 radical (unpaired) electrons. The summed E-state index contributed by atoms with van der Waals surface area (Å²) in [4.78, 5) is 22.4. The molecule has 2 atom stereocenters. The maximum atomic E-state index is 12.3. The number of aromatic nitrogens is 4. The van der Waals surface area contributed by atoms with Crippen molar-refractivity contribution in [2.75, 3.05) is 55.9 Å². The van der Waals surface area contributed by atoms with Crippen molar-refractivity contribution in [1.29, 1.82) is 0 Å². The average molecular weight is 618 g/mol. The van der Waals surface area contributed by atoms with E-state index in [0.29, 0.717) is 36.6 Å². The fraction of sp³-hybridized carbons (Fsp3) is 0.828. The second-order valence-electron chi connectivity index (χ2n) is 11.5. The number of nitrogen functional groups attached to an aromatic ring is 1. The van der Waals surface area contributed by atoms with Crippen LogP contribution in [-0.4, -0.2) is 80.7 Å². The second kappa shape index (κ2) is 19.9. The zero-order chi connectivity index (χ0) is 30.0. The van der Waals surface area contributed by atoms with Crippen LogP contribution in [0.3, 0.4) is 0 Å². The molecule has 0 saturated heterocycles. The van der Waals surface area contributed by atoms with Gasteiger partial charge >= 0.3 is 7.60 Å². The van der Waals surface area contributed by atoms with Gasteiger partial charge in [0.1, 0.15) is 18.2 Å². The Kier molecular flexibility index (Phi) is 17.4. The first kappa shape index (κ1) is 36.0. The van der Waals surface area contributed by atoms with Crippen LogP contribution in [0.25, 0.3) is 11.2 Å². The summed E-state index contributed by atoms with van der Waals surface area (Å²) >= 11 is 0. The average Bonchev–Trinajstić information content (AvgIpc) is 3.35. The lowest BCUT2D eigenvalue weighted by molar-refractivity contribution is 0.0688. The number of rotatable bonds is 25. The van der Waals surface area contributed by atoms with E-state index in [4.69, 9.17) is 19.7 Å². The van der Waals surface area contributed by atoms with E-state index in [-0.39, 0.29) is 29.1 Å². The Labute approximate surface area is 249 Å². The van der Waals surface area contributed by atoms with Gasteiger partial charge in [0.15, 0.2) is 11.5 Å². The number of ether oxygens (including phenoxy) is 2. The quantitative estimate of drug-likeness (QED) is 0.0916. The van der Waals surface area contributed by atoms with Crippen LogP contribution in [0.2, 0.25) is 0 Å². The molecule has 2 rings (SSSR count). The largest absolute Gasteiger partial charge is 0.382 e. The van der Waals surface area contributed by atoms with Crippen molar-refractivity contribution in [2.24, 2.45) is 0 Å². The molecule has 2 aromatic heterocycles. The summed E-state index contributed by atoms with van der Waals surface area (Å²) in [7, 11) is -4.14. The van der Waals surface area contributed by atoms with Crippen molar-refractivity contribution in [3.63, 3.8) is 0 Å². The van der Waals surface area contributed by atoms with Gasteiger partial charge in [0.2, 0.25) is 0 Å². The molecule has 41 heavy (non-hydrogen) atoms. The molecule has 0 amide bonds. The van der Waals surface area contributed by atoms with E-state index in [2.05, 4.69) is 34.4 Å². The van der Waals surface area contributed by atoms with Crippen LogP contribution < -0.4 is 5.73 Å². The van der Waals surface area contributed by atoms with Gasteiger partial charge in [0.25, 0.3) is 0 Å². The number of imidazole rings is 1. The minimum Gasteiger partial charge on any atom is -0.382 e. The van der Waals surface area contributed by atoms with Crippen molar-refractivity contribution in [1.82, 2.24) is 19.5 Å². The molecule has 0 saturated carbocycles. The van der Waals surface area contributed by atoms with Gasteiger partial charge in [-0.1, -0.05) is 64.7 Å². The number of anilines is 1. The molecule has 0 spiro atoms. The lowest BCUT2D eigenvalue weighted by Gasteiger charge is -2.29. The van der Waals surface area contributed by atoms with Crippen molar-refractivity contribution in [3.8, 4) is 0 Å². The lowest BCUT2D eigenvalue weighted by atomic mass is 10.1. The molecule has 10 nitrogen and oxygen atoms in total. The summed E-state index contributed by atoms with van der Waals surface area (Å²) < 4.78 is 30.5. The first-order valence-electron chi connectivity index (χ1n) is 15.4. The van der Waals surface area contributed by atoms with E-state index in [1.807, 2.05) is 6.92 Å². The van der Waals surface area contributed by atoms with Crippen molar-refractivity contribution < 1.29 is 23.5 Å². The Morgan fingerprint density at radius 3 is 2.20 bits per heavy atom. The zero-order valence-corrected chi connectivity index (χ0v) is 27.7. The summed E-state index contributed by atoms with van der Waals surface area (Å²) in [6.07, 6.45) is 22.3. The monoisotopic (exact) mass is 617 g/mol. The summed E-state index contributed by atoms with van der Waals surface area (Å²) in [6.45, 7) is 5.95. The molecular formula is C29H56N5O5PS. The van der Waals surface area contributed by atoms with Gasteiger partial charge in [-0.3, -0.25) is 4.57 Å². The number of fused-ring (bicyclic) bond motifs is 1. The Hall–Kier alpha value is -1.23. The number of nitrogens with zero attached hydrogens (tertiary/aromatic N) is 4. The number of hydrogen-bond acceptors (Lipinski definition) is 8. The van der Waals surface area contributed by atoms with E-state index in [9.17, 15) is 9.46 Å². The highest BCUT2D eigenvalue weighted by Gasteiger charge is 2.21. The Morgan fingerprint density at radius 1 is 0.927 bits per heavy atom. The van der Waals surface area contributed by atoms with Gasteiger partial charge in [-0.25, -0.2) is 25.0 Å². The molecule has 2 heterocycles. The predicted octanol–water partition coefficient (Wildman–Crippen LogP) is 6.76. The van der Waals surface area contributed by atoms with Gasteiger partial charge < -0.3 is 29.2 Å². The normalized spacial score (nSPS) is 14.9. The molecule has 0 aromatic carbocycles. The Balaban J connectivity index is 1.37. The van der Waals surface area contributed by atoms with Crippen LogP contribution >= 0.6 is 17.6 Å². The van der Waals surface area contributed by atoms with Gasteiger partial charge in [0.05, 0.1) is 25.6 Å². The Bertz CT molecular complexity index is 1020. The van der Waals surface area contributed by atoms with Gasteiger partial charge in [0, 0.05) is 13.2 Å². The SMILES string of the molecule is CCS(C)(C)CCCCCCCCCCCCCOCCCOP(=O)(O)CO[C@H](C)Cn1cnc2c(N)ncnc21. The first-order chi connectivity index (χ1) is 19.6. The van der Waals surface area contributed by atoms with E-state index in [1.165, 1.54) is 82.0 Å². The summed E-state index contributed by atoms with van der Waals surface area (Å²) in [5, 5.41) is 0. The highest BCUT2D eigenvalue weighted by Crippen LogP contribution is 2.42. The predicted molar refractivity (Wildman–Crippen MR) is 172 cm³/mol. The molecule has 0 bridgehead atoms. The van der Waals surface area contributed by atoms with Crippen LogP contribution in [0.1, 0.15) is 90.9 Å². The van der Waals surface area contributed by atoms with Gasteiger partial charge in [-0.05, 0) is 50.2 Å². The smallest absolute Gasteiger partial charge is 0.353 e. The number of unbranched alkanes of at least 4 members (excludes halogenated alkanes) is 10. The van der Waals surface area contributed by atoms with E-state index < -0.39 is 7.60 Å². The number of hydrogen-bond donors (Lipinski definition) is 2. The third-order valence-corrected chi connectivity index (χ3v) is 11.4.